The van der Waals surface area contributed by atoms with Crippen LogP contribution < -0.4 is 10.9 Å². The molecule has 2 aromatic rings. The summed E-state index contributed by atoms with van der Waals surface area (Å²) in [5.41, 5.74) is 2.84. The van der Waals surface area contributed by atoms with Crippen LogP contribution in [0.5, 0.6) is 0 Å². The molecule has 0 aliphatic carbocycles. The van der Waals surface area contributed by atoms with Crippen molar-refractivity contribution in [3.8, 4) is 0 Å². The predicted octanol–water partition coefficient (Wildman–Crippen LogP) is 1.26. The third-order valence-corrected chi connectivity index (χ3v) is 2.85. The monoisotopic (exact) mass is 259 g/mol. The highest BCUT2D eigenvalue weighted by Crippen LogP contribution is 2.06. The second kappa shape index (κ2) is 6.04. The molecule has 0 saturated heterocycles. The van der Waals surface area contributed by atoms with E-state index >= 15 is 0 Å². The van der Waals surface area contributed by atoms with Crippen LogP contribution in [0.3, 0.4) is 0 Å². The SMILES string of the molecule is Cc1cccc(CCC(=O)NCc2cc(=O)[nH][nH]2)c1. The zero-order valence-corrected chi connectivity index (χ0v) is 10.8. The maximum Gasteiger partial charge on any atom is 0.264 e. The van der Waals surface area contributed by atoms with Crippen LogP contribution in [-0.2, 0) is 17.8 Å². The highest BCUT2D eigenvalue weighted by molar-refractivity contribution is 5.76. The van der Waals surface area contributed by atoms with Crippen LogP contribution in [0.2, 0.25) is 0 Å². The first-order valence-electron chi connectivity index (χ1n) is 6.22. The molecule has 1 aromatic heterocycles. The van der Waals surface area contributed by atoms with Crippen LogP contribution >= 0.6 is 0 Å². The van der Waals surface area contributed by atoms with Crippen LogP contribution in [0.25, 0.3) is 0 Å². The summed E-state index contributed by atoms with van der Waals surface area (Å²) in [6, 6.07) is 9.56. The first-order valence-corrected chi connectivity index (χ1v) is 6.22. The topological polar surface area (TPSA) is 77.8 Å². The zero-order chi connectivity index (χ0) is 13.7. The molecule has 1 aromatic carbocycles. The molecule has 19 heavy (non-hydrogen) atoms. The van der Waals surface area contributed by atoms with Gasteiger partial charge in [0.25, 0.3) is 5.56 Å². The minimum absolute atomic E-state index is 0.0245. The van der Waals surface area contributed by atoms with Crippen molar-refractivity contribution in [2.45, 2.75) is 26.3 Å². The van der Waals surface area contributed by atoms with Gasteiger partial charge >= 0.3 is 0 Å². The number of amides is 1. The van der Waals surface area contributed by atoms with E-state index in [-0.39, 0.29) is 11.5 Å². The van der Waals surface area contributed by atoms with Crippen LogP contribution in [-0.4, -0.2) is 16.1 Å². The summed E-state index contributed by atoms with van der Waals surface area (Å²) in [5, 5.41) is 7.88. The number of rotatable bonds is 5. The lowest BCUT2D eigenvalue weighted by molar-refractivity contribution is -0.121. The molecular formula is C14H17N3O2. The van der Waals surface area contributed by atoms with Gasteiger partial charge in [-0.1, -0.05) is 29.8 Å². The summed E-state index contributed by atoms with van der Waals surface area (Å²) in [4.78, 5) is 22.5. The van der Waals surface area contributed by atoms with Gasteiger partial charge < -0.3 is 10.4 Å². The van der Waals surface area contributed by atoms with Crippen molar-refractivity contribution < 1.29 is 4.79 Å². The molecule has 2 rings (SSSR count). The van der Waals surface area contributed by atoms with E-state index in [9.17, 15) is 9.59 Å². The number of benzene rings is 1. The van der Waals surface area contributed by atoms with Crippen molar-refractivity contribution in [2.24, 2.45) is 0 Å². The van der Waals surface area contributed by atoms with Crippen molar-refractivity contribution in [2.75, 3.05) is 0 Å². The van der Waals surface area contributed by atoms with Gasteiger partial charge in [-0.15, -0.1) is 0 Å². The van der Waals surface area contributed by atoms with E-state index in [1.165, 1.54) is 11.6 Å². The van der Waals surface area contributed by atoms with Gasteiger partial charge in [-0.3, -0.25) is 14.7 Å². The molecule has 0 unspecified atom stereocenters. The maximum absolute atomic E-state index is 11.7. The van der Waals surface area contributed by atoms with E-state index in [2.05, 4.69) is 21.6 Å². The van der Waals surface area contributed by atoms with Crippen LogP contribution in [0.1, 0.15) is 23.2 Å². The molecule has 5 heteroatoms. The number of aryl methyl sites for hydroxylation is 2. The summed E-state index contributed by atoms with van der Waals surface area (Å²) in [5.74, 6) is -0.0245. The Bertz CT molecular complexity index is 613. The Labute approximate surface area is 111 Å². The molecule has 0 radical (unpaired) electrons. The van der Waals surface area contributed by atoms with Crippen molar-refractivity contribution in [1.82, 2.24) is 15.5 Å². The largest absolute Gasteiger partial charge is 0.350 e. The van der Waals surface area contributed by atoms with Crippen molar-refractivity contribution >= 4 is 5.91 Å². The number of carbonyl (C=O) groups is 1. The molecule has 1 heterocycles. The lowest BCUT2D eigenvalue weighted by Crippen LogP contribution is -2.23. The number of hydrogen-bond donors (Lipinski definition) is 3. The summed E-state index contributed by atoms with van der Waals surface area (Å²) < 4.78 is 0. The van der Waals surface area contributed by atoms with Crippen LogP contribution in [0, 0.1) is 6.92 Å². The molecule has 0 atom stereocenters. The van der Waals surface area contributed by atoms with Gasteiger partial charge in [0.2, 0.25) is 5.91 Å². The lowest BCUT2D eigenvalue weighted by atomic mass is 10.1. The summed E-state index contributed by atoms with van der Waals surface area (Å²) >= 11 is 0. The molecule has 1 amide bonds. The fourth-order valence-electron chi connectivity index (χ4n) is 1.88. The zero-order valence-electron chi connectivity index (χ0n) is 10.8. The van der Waals surface area contributed by atoms with E-state index in [1.807, 2.05) is 25.1 Å². The minimum atomic E-state index is -0.191. The smallest absolute Gasteiger partial charge is 0.264 e. The molecule has 3 N–H and O–H groups in total. The maximum atomic E-state index is 11.7. The van der Waals surface area contributed by atoms with Gasteiger partial charge in [0, 0.05) is 12.5 Å². The molecule has 0 spiro atoms. The first kappa shape index (κ1) is 13.1. The first-order chi connectivity index (χ1) is 9.13. The third-order valence-electron chi connectivity index (χ3n) is 2.85. The number of aromatic nitrogens is 2. The van der Waals surface area contributed by atoms with Gasteiger partial charge in [0.15, 0.2) is 0 Å². The Morgan fingerprint density at radius 2 is 2.11 bits per heavy atom. The summed E-state index contributed by atoms with van der Waals surface area (Å²) in [7, 11) is 0. The molecule has 0 fully saturated rings. The Kier molecular flexibility index (Phi) is 4.18. The minimum Gasteiger partial charge on any atom is -0.350 e. The Balaban J connectivity index is 1.77. The normalized spacial score (nSPS) is 10.4. The molecule has 100 valence electrons. The lowest BCUT2D eigenvalue weighted by Gasteiger charge is -2.04. The fraction of sp³-hybridized carbons (Fsp3) is 0.286. The third kappa shape index (κ3) is 4.13. The summed E-state index contributed by atoms with van der Waals surface area (Å²) in [6.07, 6.45) is 1.16. The number of nitrogens with one attached hydrogen (secondary N) is 3. The number of H-pyrrole nitrogens is 2. The number of hydrogen-bond acceptors (Lipinski definition) is 2. The Hall–Kier alpha value is -2.30. The molecule has 0 aliphatic heterocycles. The van der Waals surface area contributed by atoms with Gasteiger partial charge in [0.1, 0.15) is 0 Å². The number of aromatic amines is 2. The van der Waals surface area contributed by atoms with E-state index in [4.69, 9.17) is 0 Å². The molecule has 5 nitrogen and oxygen atoms in total. The van der Waals surface area contributed by atoms with Gasteiger partial charge in [0.05, 0.1) is 12.2 Å². The van der Waals surface area contributed by atoms with Crippen molar-refractivity contribution in [1.29, 1.82) is 0 Å². The highest BCUT2D eigenvalue weighted by atomic mass is 16.1. The summed E-state index contributed by atoms with van der Waals surface area (Å²) in [6.45, 7) is 2.37. The fourth-order valence-corrected chi connectivity index (χ4v) is 1.88. The highest BCUT2D eigenvalue weighted by Gasteiger charge is 2.03. The van der Waals surface area contributed by atoms with E-state index in [1.54, 1.807) is 0 Å². The van der Waals surface area contributed by atoms with Gasteiger partial charge in [-0.05, 0) is 18.9 Å². The predicted molar refractivity (Wildman–Crippen MR) is 72.8 cm³/mol. The van der Waals surface area contributed by atoms with Crippen molar-refractivity contribution in [3.63, 3.8) is 0 Å². The molecular weight excluding hydrogens is 242 g/mol. The second-order valence-corrected chi connectivity index (χ2v) is 4.55. The quantitative estimate of drug-likeness (QED) is 0.756. The van der Waals surface area contributed by atoms with Crippen molar-refractivity contribution in [3.05, 3.63) is 57.5 Å². The van der Waals surface area contributed by atoms with Gasteiger partial charge in [-0.2, -0.15) is 0 Å². The van der Waals surface area contributed by atoms with Gasteiger partial charge in [-0.25, -0.2) is 0 Å². The average Bonchev–Trinajstić information content (AvgIpc) is 2.80. The molecule has 0 aliphatic rings. The van der Waals surface area contributed by atoms with E-state index in [0.29, 0.717) is 18.7 Å². The Morgan fingerprint density at radius 3 is 2.79 bits per heavy atom. The number of carbonyl (C=O) groups excluding carboxylic acids is 1. The van der Waals surface area contributed by atoms with Crippen LogP contribution in [0.15, 0.2) is 35.1 Å². The standard InChI is InChI=1S/C14H17N3O2/c1-10-3-2-4-11(7-10)5-6-13(18)15-9-12-8-14(19)17-16-12/h2-4,7-8H,5-6,9H2,1H3,(H,15,18)(H2,16,17,19). The van der Waals surface area contributed by atoms with E-state index in [0.717, 1.165) is 12.0 Å². The average molecular weight is 259 g/mol. The molecule has 0 bridgehead atoms. The molecule has 0 saturated carbocycles. The van der Waals surface area contributed by atoms with E-state index < -0.39 is 0 Å². The van der Waals surface area contributed by atoms with Crippen LogP contribution in [0.4, 0.5) is 0 Å². The Morgan fingerprint density at radius 1 is 1.26 bits per heavy atom. The second-order valence-electron chi connectivity index (χ2n) is 4.55.